The minimum atomic E-state index is -0.426. The van der Waals surface area contributed by atoms with Crippen molar-refractivity contribution >= 4 is 17.2 Å². The molecule has 94 valence electrons. The van der Waals surface area contributed by atoms with Crippen LogP contribution in [-0.2, 0) is 18.0 Å². The smallest absolute Gasteiger partial charge is 0.138 e. The third kappa shape index (κ3) is 2.94. The van der Waals surface area contributed by atoms with Crippen LogP contribution < -0.4 is 5.73 Å². The van der Waals surface area contributed by atoms with Crippen molar-refractivity contribution in [3.63, 3.8) is 0 Å². The Morgan fingerprint density at radius 1 is 1.28 bits per heavy atom. The van der Waals surface area contributed by atoms with Crippen LogP contribution in [0.25, 0.3) is 0 Å². The highest BCUT2D eigenvalue weighted by Crippen LogP contribution is 2.15. The van der Waals surface area contributed by atoms with Crippen molar-refractivity contribution in [3.8, 4) is 0 Å². The highest BCUT2D eigenvalue weighted by Gasteiger charge is 2.10. The summed E-state index contributed by atoms with van der Waals surface area (Å²) in [6, 6.07) is 8.45. The third-order valence-corrected chi connectivity index (χ3v) is 2.65. The van der Waals surface area contributed by atoms with E-state index in [9.17, 15) is 4.39 Å². The fourth-order valence-corrected chi connectivity index (χ4v) is 1.70. The van der Waals surface area contributed by atoms with Crippen molar-refractivity contribution in [1.29, 1.82) is 0 Å². The average molecular weight is 265 g/mol. The molecule has 2 aromatic rings. The largest absolute Gasteiger partial charge is 0.467 e. The van der Waals surface area contributed by atoms with Gasteiger partial charge in [0.2, 0.25) is 0 Å². The molecule has 0 aliphatic rings. The Balaban J connectivity index is 2.01. The van der Waals surface area contributed by atoms with E-state index in [1.54, 1.807) is 36.6 Å². The van der Waals surface area contributed by atoms with Gasteiger partial charge in [0.15, 0.2) is 0 Å². The highest BCUT2D eigenvalue weighted by molar-refractivity contribution is 7.80. The lowest BCUT2D eigenvalue weighted by atomic mass is 10.1. The first kappa shape index (κ1) is 12.7. The Bertz CT molecular complexity index is 540. The molecule has 0 fully saturated rings. The number of benzene rings is 1. The van der Waals surface area contributed by atoms with Gasteiger partial charge in [0.05, 0.1) is 12.9 Å². The van der Waals surface area contributed by atoms with Crippen LogP contribution in [0.4, 0.5) is 4.39 Å². The van der Waals surface area contributed by atoms with Gasteiger partial charge in [-0.25, -0.2) is 4.39 Å². The van der Waals surface area contributed by atoms with Crippen molar-refractivity contribution in [2.75, 3.05) is 0 Å². The first-order valence-corrected chi connectivity index (χ1v) is 5.76. The van der Waals surface area contributed by atoms with Crippen molar-refractivity contribution < 1.29 is 13.5 Å². The molecule has 0 aliphatic heterocycles. The maximum atomic E-state index is 13.9. The zero-order chi connectivity index (χ0) is 13.0. The van der Waals surface area contributed by atoms with Crippen LogP contribution in [0.15, 0.2) is 41.0 Å². The van der Waals surface area contributed by atoms with Crippen molar-refractivity contribution in [2.45, 2.75) is 13.2 Å². The van der Waals surface area contributed by atoms with Crippen LogP contribution in [0.2, 0.25) is 0 Å². The lowest BCUT2D eigenvalue weighted by molar-refractivity contribution is 0.0909. The Kier molecular flexibility index (Phi) is 4.07. The molecule has 0 saturated heterocycles. The number of hydrogen-bond donors (Lipinski definition) is 1. The summed E-state index contributed by atoms with van der Waals surface area (Å²) in [4.78, 5) is 0.0420. The Morgan fingerprint density at radius 2 is 2.11 bits per heavy atom. The molecule has 0 bridgehead atoms. The molecule has 3 nitrogen and oxygen atoms in total. The predicted molar refractivity (Wildman–Crippen MR) is 69.5 cm³/mol. The standard InChI is InChI=1S/C13H12FNO2S/c14-12-9(3-1-5-11(12)13(15)18)7-16-8-10-4-2-6-17-10/h1-6H,7-8H2,(H2,15,18). The van der Waals surface area contributed by atoms with E-state index in [0.29, 0.717) is 17.9 Å². The first-order valence-electron chi connectivity index (χ1n) is 5.36. The van der Waals surface area contributed by atoms with Gasteiger partial charge < -0.3 is 14.9 Å². The summed E-state index contributed by atoms with van der Waals surface area (Å²) in [7, 11) is 0. The maximum absolute atomic E-state index is 13.9. The zero-order valence-corrected chi connectivity index (χ0v) is 10.4. The van der Waals surface area contributed by atoms with E-state index in [4.69, 9.17) is 27.1 Å². The summed E-state index contributed by atoms with van der Waals surface area (Å²) in [6.07, 6.45) is 1.56. The molecule has 5 heteroatoms. The highest BCUT2D eigenvalue weighted by atomic mass is 32.1. The number of rotatable bonds is 5. The van der Waals surface area contributed by atoms with Crippen molar-refractivity contribution in [1.82, 2.24) is 0 Å². The van der Waals surface area contributed by atoms with Crippen LogP contribution in [0.3, 0.4) is 0 Å². The Morgan fingerprint density at radius 3 is 2.78 bits per heavy atom. The molecule has 1 aromatic heterocycles. The fourth-order valence-electron chi connectivity index (χ4n) is 1.54. The molecule has 0 unspecified atom stereocenters. The second-order valence-corrected chi connectivity index (χ2v) is 4.15. The molecule has 0 spiro atoms. The quantitative estimate of drug-likeness (QED) is 0.844. The van der Waals surface area contributed by atoms with Gasteiger partial charge >= 0.3 is 0 Å². The Labute approximate surface area is 109 Å². The lowest BCUT2D eigenvalue weighted by Crippen LogP contribution is -2.13. The maximum Gasteiger partial charge on any atom is 0.138 e. The normalized spacial score (nSPS) is 10.5. The minimum Gasteiger partial charge on any atom is -0.467 e. The molecule has 0 radical (unpaired) electrons. The molecular weight excluding hydrogens is 253 g/mol. The number of hydrogen-bond acceptors (Lipinski definition) is 3. The Hall–Kier alpha value is -1.72. The van der Waals surface area contributed by atoms with Gasteiger partial charge in [0, 0.05) is 11.1 Å². The van der Waals surface area contributed by atoms with Gasteiger partial charge in [-0.3, -0.25) is 0 Å². The number of nitrogens with two attached hydrogens (primary N) is 1. The van der Waals surface area contributed by atoms with Gasteiger partial charge in [0.1, 0.15) is 23.2 Å². The van der Waals surface area contributed by atoms with Gasteiger partial charge in [-0.1, -0.05) is 24.4 Å². The van der Waals surface area contributed by atoms with Gasteiger partial charge in [-0.15, -0.1) is 0 Å². The van der Waals surface area contributed by atoms with Crippen LogP contribution in [0.1, 0.15) is 16.9 Å². The minimum absolute atomic E-state index is 0.0420. The third-order valence-electron chi connectivity index (χ3n) is 2.43. The molecule has 2 rings (SSSR count). The van der Waals surface area contributed by atoms with E-state index in [1.807, 2.05) is 0 Å². The molecule has 2 N–H and O–H groups in total. The molecule has 0 saturated carbocycles. The van der Waals surface area contributed by atoms with Crippen LogP contribution in [-0.4, -0.2) is 4.99 Å². The summed E-state index contributed by atoms with van der Waals surface area (Å²) in [5.41, 5.74) is 6.09. The van der Waals surface area contributed by atoms with E-state index < -0.39 is 5.82 Å². The zero-order valence-electron chi connectivity index (χ0n) is 9.56. The average Bonchev–Trinajstić information content (AvgIpc) is 2.84. The van der Waals surface area contributed by atoms with Gasteiger partial charge in [-0.05, 0) is 18.2 Å². The van der Waals surface area contributed by atoms with E-state index >= 15 is 0 Å². The van der Waals surface area contributed by atoms with Crippen LogP contribution >= 0.6 is 12.2 Å². The summed E-state index contributed by atoms with van der Waals surface area (Å²) in [6.45, 7) is 0.437. The van der Waals surface area contributed by atoms with E-state index in [1.165, 1.54) is 0 Å². The second-order valence-electron chi connectivity index (χ2n) is 3.72. The summed E-state index contributed by atoms with van der Waals surface area (Å²) in [5.74, 6) is 0.269. The van der Waals surface area contributed by atoms with Crippen molar-refractivity contribution in [2.24, 2.45) is 5.73 Å². The van der Waals surface area contributed by atoms with E-state index in [0.717, 1.165) is 0 Å². The molecule has 0 amide bonds. The predicted octanol–water partition coefficient (Wildman–Crippen LogP) is 2.77. The molecule has 0 aliphatic carbocycles. The number of furan rings is 1. The summed E-state index contributed by atoms with van der Waals surface area (Å²) < 4.78 is 24.4. The number of halogens is 1. The number of ether oxygens (including phenoxy) is 1. The fraction of sp³-hybridized carbons (Fsp3) is 0.154. The van der Waals surface area contributed by atoms with Crippen LogP contribution in [0, 0.1) is 5.82 Å². The van der Waals surface area contributed by atoms with E-state index in [-0.39, 0.29) is 17.2 Å². The summed E-state index contributed by atoms with van der Waals surface area (Å²) >= 11 is 4.77. The van der Waals surface area contributed by atoms with Crippen LogP contribution in [0.5, 0.6) is 0 Å². The molecule has 1 aromatic carbocycles. The van der Waals surface area contributed by atoms with E-state index in [2.05, 4.69) is 0 Å². The number of thiocarbonyl (C=S) groups is 1. The topological polar surface area (TPSA) is 48.4 Å². The molecule has 1 heterocycles. The summed E-state index contributed by atoms with van der Waals surface area (Å²) in [5, 5.41) is 0. The van der Waals surface area contributed by atoms with Gasteiger partial charge in [0.25, 0.3) is 0 Å². The van der Waals surface area contributed by atoms with Gasteiger partial charge in [-0.2, -0.15) is 0 Å². The van der Waals surface area contributed by atoms with Crippen molar-refractivity contribution in [3.05, 3.63) is 59.3 Å². The molecular formula is C13H12FNO2S. The lowest BCUT2D eigenvalue weighted by Gasteiger charge is -2.07. The monoisotopic (exact) mass is 265 g/mol. The second kappa shape index (κ2) is 5.75. The molecule has 18 heavy (non-hydrogen) atoms. The first-order chi connectivity index (χ1) is 8.68. The molecule has 0 atom stereocenters. The SMILES string of the molecule is NC(=S)c1cccc(COCc2ccco2)c1F.